The van der Waals surface area contributed by atoms with E-state index in [1.165, 1.54) is 244 Å². The zero-order valence-electron chi connectivity index (χ0n) is 82.9. The molecule has 0 N–H and O–H groups in total. The Bertz CT molecular complexity index is 7100. The molecule has 4 nitrogen and oxygen atoms in total. The number of pyridine rings is 4. The lowest BCUT2D eigenvalue weighted by Crippen LogP contribution is -2.44. The van der Waals surface area contributed by atoms with E-state index < -0.39 is 0 Å². The van der Waals surface area contributed by atoms with Crippen LogP contribution in [0.1, 0.15) is 222 Å². The number of hydrogen-bond acceptors (Lipinski definition) is 0. The summed E-state index contributed by atoms with van der Waals surface area (Å²) in [7, 11) is 8.69. The fourth-order valence-electron chi connectivity index (χ4n) is 22.6. The largest absolute Gasteiger partial charge is 0.213 e. The highest BCUT2D eigenvalue weighted by Crippen LogP contribution is 2.62. The molecule has 0 amide bonds. The fraction of sp³-hybridized carbons (Fsp3) is 0.323. The third-order valence-corrected chi connectivity index (χ3v) is 33.9. The molecule has 0 saturated carbocycles. The van der Waals surface area contributed by atoms with Gasteiger partial charge in [0.05, 0.1) is 11.1 Å². The topological polar surface area (TPSA) is 15.5 Å². The van der Waals surface area contributed by atoms with Crippen LogP contribution in [0.3, 0.4) is 0 Å². The van der Waals surface area contributed by atoms with Crippen molar-refractivity contribution in [2.45, 2.75) is 237 Å². The summed E-state index contributed by atoms with van der Waals surface area (Å²) in [5.74, 6) is 0. The van der Waals surface area contributed by atoms with Crippen LogP contribution >= 0.6 is 0 Å². The highest BCUT2D eigenvalue weighted by atomic mass is 14.9. The Morgan fingerprint density at radius 1 is 0.172 bits per heavy atom. The molecule has 0 saturated heterocycles. The molecule has 16 aromatic rings. The smallest absolute Gasteiger partial charge is 0.201 e. The first kappa shape index (κ1) is 88.3. The van der Waals surface area contributed by atoms with Crippen LogP contribution in [0, 0.1) is 83.1 Å². The molecule has 4 aromatic heterocycles. The van der Waals surface area contributed by atoms with Crippen molar-refractivity contribution in [3.05, 3.63) is 354 Å². The zero-order chi connectivity index (χ0) is 92.0. The Balaban J connectivity index is 0.000000120. The normalized spacial score (nSPS) is 16.0. The van der Waals surface area contributed by atoms with Crippen LogP contribution < -0.4 is 18.3 Å². The minimum atomic E-state index is -0.0137. The van der Waals surface area contributed by atoms with Crippen LogP contribution in [0.4, 0.5) is 0 Å². The minimum Gasteiger partial charge on any atom is -0.201 e. The van der Waals surface area contributed by atoms with E-state index >= 15 is 0 Å². The standard InChI is InChI=1S/4C31H34N/c1-19-14-29(32(8)18-21(19)3)24-17-28-25(13-20(24)2)26-15-22-11-9-10-12-23(22)16-27(26)30(4,5)31(28,6)7;1-19-13-16-25-28(27(19)26-17-20(2)21(3)18-32(26)8)24-15-14-22-11-9-10-12-23(22)29(24)31(6,7)30(25,4)5;1-19-16-28(32(8)18-21(19)3)25-17-27-26(15-20(25)2)24-14-13-22-11-9-10-12-23(22)29(24)31(6,7)30(27,4)5;1-19-13-14-25-29(28(19)27-15-20(2)21(3)18-32(27)8)24-16-22-11-9-10-12-23(22)17-26(24)31(6,7)30(25,4)5/h4*9-18H,1-8H3/q4*+1. The van der Waals surface area contributed by atoms with Gasteiger partial charge in [0.2, 0.25) is 22.8 Å². The Labute approximate surface area is 765 Å². The number of nitrogens with zero attached hydrogens (tertiary/aromatic N) is 4. The molecule has 4 aliphatic carbocycles. The highest BCUT2D eigenvalue weighted by Gasteiger charge is 2.52. The van der Waals surface area contributed by atoms with E-state index in [4.69, 9.17) is 0 Å². The third kappa shape index (κ3) is 13.6. The van der Waals surface area contributed by atoms with Gasteiger partial charge < -0.3 is 0 Å². The van der Waals surface area contributed by atoms with Crippen molar-refractivity contribution in [1.29, 1.82) is 0 Å². The second-order valence-corrected chi connectivity index (χ2v) is 43.2. The molecule has 4 aliphatic rings. The molecule has 128 heavy (non-hydrogen) atoms. The lowest BCUT2D eigenvalue weighted by atomic mass is 9.54. The van der Waals surface area contributed by atoms with Gasteiger partial charge >= 0.3 is 0 Å². The van der Waals surface area contributed by atoms with Gasteiger partial charge in [0, 0.05) is 68.5 Å². The molecule has 4 heteroatoms. The van der Waals surface area contributed by atoms with E-state index in [0.29, 0.717) is 0 Å². The van der Waals surface area contributed by atoms with Gasteiger partial charge in [-0.25, -0.2) is 18.3 Å². The van der Waals surface area contributed by atoms with E-state index in [1.54, 1.807) is 0 Å². The summed E-state index contributed by atoms with van der Waals surface area (Å²) >= 11 is 0. The molecular formula is C124H136N4+4. The Kier molecular flexibility index (Phi) is 21.4. The number of fused-ring (bicyclic) bond motifs is 18. The maximum Gasteiger partial charge on any atom is 0.213 e. The van der Waals surface area contributed by atoms with Crippen LogP contribution in [0.25, 0.3) is 133 Å². The summed E-state index contributed by atoms with van der Waals surface area (Å²) in [5, 5.41) is 10.7. The van der Waals surface area contributed by atoms with Gasteiger partial charge in [-0.1, -0.05) is 269 Å². The molecule has 20 rings (SSSR count). The van der Waals surface area contributed by atoms with E-state index in [0.717, 1.165) is 0 Å². The molecule has 0 atom stereocenters. The first-order valence-electron chi connectivity index (χ1n) is 46.8. The molecule has 0 aliphatic heterocycles. The van der Waals surface area contributed by atoms with Crippen LogP contribution in [0.5, 0.6) is 0 Å². The zero-order valence-corrected chi connectivity index (χ0v) is 82.9. The summed E-state index contributed by atoms with van der Waals surface area (Å²) in [6.45, 7) is 65.4. The molecule has 4 heterocycles. The van der Waals surface area contributed by atoms with Crippen LogP contribution in [0.2, 0.25) is 0 Å². The van der Waals surface area contributed by atoms with E-state index in [9.17, 15) is 0 Å². The van der Waals surface area contributed by atoms with Gasteiger partial charge in [-0.15, -0.1) is 0 Å². The number of hydrogen-bond donors (Lipinski definition) is 0. The predicted octanol–water partition coefficient (Wildman–Crippen LogP) is 30.0. The van der Waals surface area contributed by atoms with Crippen molar-refractivity contribution in [1.82, 2.24) is 0 Å². The molecule has 0 fully saturated rings. The SMILES string of the molecule is Cc1cc(-c2c(C)ccc3c2-c2cc4ccccc4cc2C(C)(C)C3(C)C)[n+](C)cc1C.Cc1cc(-c2c(C)ccc3c2-c2ccc4ccccc4c2C(C)(C)C3(C)C)[n+](C)cc1C.Cc1cc(-c2cc3c(cc2C)-c2cc4ccccc4cc2C(C)(C)C3(C)C)[n+](C)cc1C.Cc1cc(-c2cc3c(cc2C)-c2ccc4ccccc4c2C(C)(C)C3(C)C)[n+](C)cc1C. The predicted molar refractivity (Wildman–Crippen MR) is 545 cm³/mol. The maximum atomic E-state index is 2.48. The van der Waals surface area contributed by atoms with Crippen LogP contribution in [-0.4, -0.2) is 0 Å². The summed E-state index contributed by atoms with van der Waals surface area (Å²) in [6.07, 6.45) is 9.03. The summed E-state index contributed by atoms with van der Waals surface area (Å²) in [5.41, 5.74) is 49.3. The van der Waals surface area contributed by atoms with Gasteiger partial charge in [-0.2, -0.15) is 0 Å². The quantitative estimate of drug-likeness (QED) is 0.156. The fourth-order valence-corrected chi connectivity index (χ4v) is 22.6. The number of aryl methyl sites for hydroxylation is 16. The summed E-state index contributed by atoms with van der Waals surface area (Å²) in [6, 6.07) is 83.0. The monoisotopic (exact) mass is 1680 g/mol. The molecule has 12 aromatic carbocycles. The highest BCUT2D eigenvalue weighted by molar-refractivity contribution is 6.02. The lowest BCUT2D eigenvalue weighted by Gasteiger charge is -2.49. The molecule has 648 valence electrons. The number of aromatic nitrogens is 4. The first-order chi connectivity index (χ1) is 60.1. The van der Waals surface area contributed by atoms with E-state index in [1.807, 2.05) is 0 Å². The van der Waals surface area contributed by atoms with Gasteiger partial charge in [0.25, 0.3) is 0 Å². The Hall–Kier alpha value is -11.7. The average Bonchev–Trinajstić information content (AvgIpc) is 0.714. The van der Waals surface area contributed by atoms with Gasteiger partial charge in [0.1, 0.15) is 28.2 Å². The summed E-state index contributed by atoms with van der Waals surface area (Å²) in [4.78, 5) is 0. The Morgan fingerprint density at radius 3 is 0.844 bits per heavy atom. The van der Waals surface area contributed by atoms with Crippen molar-refractivity contribution in [2.24, 2.45) is 28.2 Å². The van der Waals surface area contributed by atoms with Gasteiger partial charge in [-0.05, 0) is 329 Å². The van der Waals surface area contributed by atoms with Crippen molar-refractivity contribution in [3.8, 4) is 89.5 Å². The third-order valence-electron chi connectivity index (χ3n) is 33.9. The summed E-state index contributed by atoms with van der Waals surface area (Å²) < 4.78 is 9.16. The molecule has 0 radical (unpaired) electrons. The number of benzene rings is 12. The van der Waals surface area contributed by atoms with Crippen LogP contribution in [-0.2, 0) is 71.5 Å². The number of rotatable bonds is 4. The lowest BCUT2D eigenvalue weighted by molar-refractivity contribution is -0.660. The molecular weight excluding hydrogens is 1550 g/mol. The first-order valence-corrected chi connectivity index (χ1v) is 46.8. The molecule has 0 bridgehead atoms. The van der Waals surface area contributed by atoms with Crippen molar-refractivity contribution in [3.63, 3.8) is 0 Å². The van der Waals surface area contributed by atoms with Gasteiger partial charge in [-0.3, -0.25) is 0 Å². The second-order valence-electron chi connectivity index (χ2n) is 43.2. The van der Waals surface area contributed by atoms with Crippen LogP contribution in [0.15, 0.2) is 243 Å². The van der Waals surface area contributed by atoms with Gasteiger partial charge in [0.15, 0.2) is 24.8 Å². The molecule has 0 spiro atoms. The van der Waals surface area contributed by atoms with Crippen molar-refractivity contribution < 1.29 is 18.3 Å². The Morgan fingerprint density at radius 2 is 0.445 bits per heavy atom. The maximum absolute atomic E-state index is 2.48. The van der Waals surface area contributed by atoms with Crippen molar-refractivity contribution in [2.75, 3.05) is 0 Å². The van der Waals surface area contributed by atoms with Crippen molar-refractivity contribution >= 4 is 43.1 Å². The average molecular weight is 1680 g/mol. The molecule has 0 unspecified atom stereocenters. The van der Waals surface area contributed by atoms with E-state index in [2.05, 4.69) is 484 Å². The minimum absolute atomic E-state index is 0.00144. The van der Waals surface area contributed by atoms with E-state index in [-0.39, 0.29) is 43.3 Å². The second kappa shape index (κ2) is 31.0.